The predicted octanol–water partition coefficient (Wildman–Crippen LogP) is 4.54. The summed E-state index contributed by atoms with van der Waals surface area (Å²) in [5.74, 6) is 0. The third-order valence-electron chi connectivity index (χ3n) is 0. The normalized spacial score (nSPS) is 12.0. The van der Waals surface area contributed by atoms with Gasteiger partial charge >= 0.3 is 12.0 Å². The Morgan fingerprint density at radius 1 is 0.600 bits per heavy atom. The van der Waals surface area contributed by atoms with Crippen LogP contribution < -0.4 is 0 Å². The van der Waals surface area contributed by atoms with E-state index in [0.29, 0.717) is 0 Å². The molecule has 8 heteroatoms. The summed E-state index contributed by atoms with van der Waals surface area (Å²) >= 11 is 31.2. The molecule has 0 atom stereocenters. The second-order valence-electron chi connectivity index (χ2n) is 1.56. The van der Waals surface area contributed by atoms with Crippen LogP contribution in [-0.4, -0.2) is 12.0 Å². The van der Waals surface area contributed by atoms with Crippen LogP contribution in [0.4, 0.5) is 0 Å². The molecule has 0 aliphatic carbocycles. The van der Waals surface area contributed by atoms with Gasteiger partial charge in [-0.05, 0) is 13.1 Å². The van der Waals surface area contributed by atoms with Crippen LogP contribution in [-0.2, 0) is 0 Å². The molecule has 0 aliphatic rings. The highest BCUT2D eigenvalue weighted by Crippen LogP contribution is 2.17. The lowest BCUT2D eigenvalue weighted by Crippen LogP contribution is -1.97. The summed E-state index contributed by atoms with van der Waals surface area (Å²) < 4.78 is 0. The summed E-state index contributed by atoms with van der Waals surface area (Å²) in [5, 5.41) is 0. The van der Waals surface area contributed by atoms with E-state index in [-0.39, 0.29) is 0 Å². The molecule has 0 bridgehead atoms. The molecule has 0 N–H and O–H groups in total. The number of hydrogen-bond donors (Lipinski definition) is 0. The van der Waals surface area contributed by atoms with Crippen molar-refractivity contribution in [2.24, 2.45) is 0 Å². The van der Waals surface area contributed by atoms with Gasteiger partial charge in [0.15, 0.2) is 0 Å². The second kappa shape index (κ2) is 5.76. The summed E-state index contributed by atoms with van der Waals surface area (Å²) in [6.45, 7) is 3.25. The van der Waals surface area contributed by atoms with Gasteiger partial charge in [-0.3, -0.25) is 0 Å². The summed E-state index contributed by atoms with van der Waals surface area (Å²) in [4.78, 5) is 0. The number of hydrogen-bond acceptors (Lipinski definition) is 0. The zero-order chi connectivity index (χ0) is 9.00. The highest BCUT2D eigenvalue weighted by atomic mass is 35.8. The Hall–Kier alpha value is 2.17. The van der Waals surface area contributed by atoms with Gasteiger partial charge in [0.1, 0.15) is 0 Å². The first kappa shape index (κ1) is 14.7. The first-order chi connectivity index (χ1) is 4.00. The van der Waals surface area contributed by atoms with Gasteiger partial charge < -0.3 is 0 Å². The van der Waals surface area contributed by atoms with Crippen LogP contribution >= 0.6 is 66.5 Å². The Morgan fingerprint density at radius 3 is 0.600 bits per heavy atom. The van der Waals surface area contributed by atoms with Gasteiger partial charge in [-0.2, -0.15) is 0 Å². The van der Waals surface area contributed by atoms with Gasteiger partial charge in [0, 0.05) is 0 Å². The lowest BCUT2D eigenvalue weighted by molar-refractivity contribution is 2.31. The molecule has 0 aromatic heterocycles. The highest BCUT2D eigenvalue weighted by Gasteiger charge is 2.14. The lowest BCUT2D eigenvalue weighted by atomic mass is 11.9. The van der Waals surface area contributed by atoms with E-state index in [9.17, 15) is 0 Å². The Labute approximate surface area is 90.9 Å². The first-order valence-corrected chi connectivity index (χ1v) is 13.2. The summed E-state index contributed by atoms with van der Waals surface area (Å²) in [6.07, 6.45) is 0. The smallest absolute Gasteiger partial charge is 0.126 e. The first-order valence-electron chi connectivity index (χ1n) is 2.13. The lowest BCUT2D eigenvalue weighted by Gasteiger charge is -1.89. The SMILES string of the molecule is C[Si](Cl)(Cl)Cl.C[Si](Cl)(Cl)Cl. The second-order valence-corrected chi connectivity index (χ2v) is 21.8. The molecule has 0 radical (unpaired) electrons. The fraction of sp³-hybridized carbons (Fsp3) is 1.00. The van der Waals surface area contributed by atoms with Crippen molar-refractivity contribution in [3.8, 4) is 0 Å². The molecule has 0 saturated heterocycles. The average Bonchev–Trinajstić information content (AvgIpc) is 1.12. The van der Waals surface area contributed by atoms with Crippen LogP contribution in [0, 0.1) is 0 Å². The Morgan fingerprint density at radius 2 is 0.600 bits per heavy atom. The minimum atomic E-state index is -2.19. The highest BCUT2D eigenvalue weighted by molar-refractivity contribution is 7.64. The topological polar surface area (TPSA) is 0 Å². The van der Waals surface area contributed by atoms with Crippen molar-refractivity contribution in [2.45, 2.75) is 13.1 Å². The van der Waals surface area contributed by atoms with Crippen molar-refractivity contribution in [1.82, 2.24) is 0 Å². The molecule has 10 heavy (non-hydrogen) atoms. The van der Waals surface area contributed by atoms with Gasteiger partial charge in [-0.15, -0.1) is 66.5 Å². The predicted molar refractivity (Wildman–Crippen MR) is 58.4 cm³/mol. The maximum Gasteiger partial charge on any atom is 0.338 e. The van der Waals surface area contributed by atoms with E-state index >= 15 is 0 Å². The van der Waals surface area contributed by atoms with Gasteiger partial charge in [-0.1, -0.05) is 0 Å². The van der Waals surface area contributed by atoms with Crippen molar-refractivity contribution in [3.63, 3.8) is 0 Å². The molecule has 0 spiro atoms. The van der Waals surface area contributed by atoms with Crippen LogP contribution in [0.25, 0.3) is 0 Å². The van der Waals surface area contributed by atoms with E-state index in [1.165, 1.54) is 0 Å². The number of halogens is 6. The average molecular weight is 299 g/mol. The molecule has 0 aliphatic heterocycles. The van der Waals surface area contributed by atoms with Gasteiger partial charge in [0.25, 0.3) is 0 Å². The zero-order valence-corrected chi connectivity index (χ0v) is 11.8. The van der Waals surface area contributed by atoms with E-state index in [1.807, 2.05) is 0 Å². The van der Waals surface area contributed by atoms with Crippen LogP contribution in [0.2, 0.25) is 13.1 Å². The molecule has 0 rings (SSSR count). The maximum absolute atomic E-state index is 5.20. The Bertz CT molecular complexity index is 56.7. The molecule has 0 aromatic carbocycles. The molecule has 0 amide bonds. The molecule has 0 aromatic rings. The van der Waals surface area contributed by atoms with Crippen LogP contribution in [0.3, 0.4) is 0 Å². The largest absolute Gasteiger partial charge is 0.338 e. The van der Waals surface area contributed by atoms with Crippen molar-refractivity contribution in [1.29, 1.82) is 0 Å². The standard InChI is InChI=1S/2CH3Cl3Si/c2*1-5(2,3)4/h2*1H3. The monoisotopic (exact) mass is 296 g/mol. The zero-order valence-electron chi connectivity index (χ0n) is 5.27. The molecular weight excluding hydrogens is 293 g/mol. The fourth-order valence-electron chi connectivity index (χ4n) is 0. The maximum atomic E-state index is 5.20. The molecule has 0 saturated carbocycles. The Balaban J connectivity index is 0. The van der Waals surface area contributed by atoms with Crippen molar-refractivity contribution in [3.05, 3.63) is 0 Å². The summed E-state index contributed by atoms with van der Waals surface area (Å²) in [7, 11) is 0. The molecule has 0 heterocycles. The van der Waals surface area contributed by atoms with Crippen LogP contribution in [0.15, 0.2) is 0 Å². The van der Waals surface area contributed by atoms with Gasteiger partial charge in [0.2, 0.25) is 0 Å². The van der Waals surface area contributed by atoms with Crippen LogP contribution in [0.1, 0.15) is 0 Å². The molecule has 0 unspecified atom stereocenters. The fourth-order valence-corrected chi connectivity index (χ4v) is 0. The number of rotatable bonds is 0. The van der Waals surface area contributed by atoms with E-state index in [4.69, 9.17) is 66.5 Å². The quantitative estimate of drug-likeness (QED) is 0.455. The third kappa shape index (κ3) is 181. The summed E-state index contributed by atoms with van der Waals surface area (Å²) in [5.41, 5.74) is 0. The molecule has 64 valence electrons. The van der Waals surface area contributed by atoms with Gasteiger partial charge in [-0.25, -0.2) is 0 Å². The van der Waals surface area contributed by atoms with Crippen molar-refractivity contribution < 1.29 is 0 Å². The minimum Gasteiger partial charge on any atom is -0.126 e. The van der Waals surface area contributed by atoms with E-state index in [2.05, 4.69) is 0 Å². The Kier molecular flexibility index (Phi) is 8.45. The van der Waals surface area contributed by atoms with E-state index in [1.54, 1.807) is 13.1 Å². The molecular formula is C2H6Cl6Si2. The van der Waals surface area contributed by atoms with Gasteiger partial charge in [0.05, 0.1) is 0 Å². The molecule has 0 fully saturated rings. The minimum absolute atomic E-state index is 1.62. The van der Waals surface area contributed by atoms with Crippen molar-refractivity contribution in [2.75, 3.05) is 0 Å². The third-order valence-corrected chi connectivity index (χ3v) is 0. The summed E-state index contributed by atoms with van der Waals surface area (Å²) in [6, 6.07) is -4.39. The van der Waals surface area contributed by atoms with Crippen LogP contribution in [0.5, 0.6) is 0 Å². The van der Waals surface area contributed by atoms with Crippen molar-refractivity contribution >= 4 is 78.5 Å². The van der Waals surface area contributed by atoms with E-state index < -0.39 is 12.0 Å². The molecule has 0 nitrogen and oxygen atoms in total. The van der Waals surface area contributed by atoms with E-state index in [0.717, 1.165) is 0 Å².